The minimum atomic E-state index is -3.79. The maximum atomic E-state index is 12.0. The molecule has 8 heteroatoms. The van der Waals surface area contributed by atoms with E-state index in [-0.39, 0.29) is 10.8 Å². The molecular weight excluding hydrogens is 288 g/mol. The molecule has 0 unspecified atom stereocenters. The van der Waals surface area contributed by atoms with E-state index in [4.69, 9.17) is 5.11 Å². The number of carboxylic acid groups (broad SMARTS) is 1. The quantitative estimate of drug-likeness (QED) is 0.778. The standard InChI is InChI=1S/C11H14N2O4S2/c14-10(15)9-11(18-7-12-9)19(16,17)13-6-5-8-3-1-2-4-8/h3,7,13H,1-2,4-6H2,(H,14,15). The van der Waals surface area contributed by atoms with Crippen molar-refractivity contribution in [2.24, 2.45) is 0 Å². The highest BCUT2D eigenvalue weighted by molar-refractivity contribution is 7.91. The fraction of sp³-hybridized carbons (Fsp3) is 0.455. The highest BCUT2D eigenvalue weighted by Gasteiger charge is 2.25. The molecule has 19 heavy (non-hydrogen) atoms. The first-order valence-corrected chi connectivity index (χ1v) is 8.21. The summed E-state index contributed by atoms with van der Waals surface area (Å²) in [6.07, 6.45) is 5.99. The summed E-state index contributed by atoms with van der Waals surface area (Å²) in [6.45, 7) is 0.283. The predicted molar refractivity (Wildman–Crippen MR) is 70.8 cm³/mol. The summed E-state index contributed by atoms with van der Waals surface area (Å²) >= 11 is 0.810. The van der Waals surface area contributed by atoms with Crippen molar-refractivity contribution >= 4 is 27.3 Å². The maximum absolute atomic E-state index is 12.0. The lowest BCUT2D eigenvalue weighted by atomic mass is 10.2. The molecule has 0 atom stereocenters. The van der Waals surface area contributed by atoms with Crippen LogP contribution in [0.15, 0.2) is 21.4 Å². The Morgan fingerprint density at radius 2 is 2.32 bits per heavy atom. The summed E-state index contributed by atoms with van der Waals surface area (Å²) in [5.41, 5.74) is 2.06. The Labute approximate surface area is 115 Å². The summed E-state index contributed by atoms with van der Waals surface area (Å²) in [5, 5.41) is 8.86. The fourth-order valence-electron chi connectivity index (χ4n) is 1.94. The second-order valence-corrected chi connectivity index (χ2v) is 7.01. The molecule has 0 saturated heterocycles. The zero-order chi connectivity index (χ0) is 13.9. The third-order valence-corrected chi connectivity index (χ3v) is 5.69. The summed E-state index contributed by atoms with van der Waals surface area (Å²) < 4.78 is 26.1. The van der Waals surface area contributed by atoms with Gasteiger partial charge in [0.25, 0.3) is 10.0 Å². The Morgan fingerprint density at radius 1 is 1.53 bits per heavy atom. The molecule has 1 aromatic heterocycles. The van der Waals surface area contributed by atoms with Gasteiger partial charge in [-0.05, 0) is 25.7 Å². The molecule has 0 bridgehead atoms. The SMILES string of the molecule is O=C(O)c1ncsc1S(=O)(=O)NCCC1=CCCC1. The molecule has 0 aliphatic heterocycles. The highest BCUT2D eigenvalue weighted by Crippen LogP contribution is 2.22. The number of rotatable bonds is 6. The number of thiazole rings is 1. The molecule has 0 radical (unpaired) electrons. The Balaban J connectivity index is 2.01. The van der Waals surface area contributed by atoms with Crippen molar-refractivity contribution in [3.63, 3.8) is 0 Å². The second kappa shape index (κ2) is 5.81. The van der Waals surface area contributed by atoms with E-state index in [9.17, 15) is 13.2 Å². The maximum Gasteiger partial charge on any atom is 0.356 e. The molecule has 0 amide bonds. The number of hydrogen-bond donors (Lipinski definition) is 2. The van der Waals surface area contributed by atoms with Gasteiger partial charge in [-0.3, -0.25) is 0 Å². The van der Waals surface area contributed by atoms with E-state index < -0.39 is 21.7 Å². The Hall–Kier alpha value is -1.25. The summed E-state index contributed by atoms with van der Waals surface area (Å²) in [5.74, 6) is -1.33. The van der Waals surface area contributed by atoms with Crippen molar-refractivity contribution in [2.45, 2.75) is 29.9 Å². The van der Waals surface area contributed by atoms with E-state index in [0.717, 1.165) is 30.6 Å². The van der Waals surface area contributed by atoms with Gasteiger partial charge in [-0.2, -0.15) is 0 Å². The van der Waals surface area contributed by atoms with Crippen LogP contribution in [0, 0.1) is 0 Å². The van der Waals surface area contributed by atoms with Crippen LogP contribution in [0.3, 0.4) is 0 Å². The number of allylic oxidation sites excluding steroid dienone is 1. The molecule has 104 valence electrons. The van der Waals surface area contributed by atoms with E-state index in [0.29, 0.717) is 6.42 Å². The zero-order valence-corrected chi connectivity index (χ0v) is 11.8. The summed E-state index contributed by atoms with van der Waals surface area (Å²) in [4.78, 5) is 14.4. The number of carbonyl (C=O) groups is 1. The molecule has 0 spiro atoms. The van der Waals surface area contributed by atoms with Crippen LogP contribution in [-0.2, 0) is 10.0 Å². The smallest absolute Gasteiger partial charge is 0.356 e. The first kappa shape index (κ1) is 14.2. The van der Waals surface area contributed by atoms with Crippen LogP contribution in [0.25, 0.3) is 0 Å². The highest BCUT2D eigenvalue weighted by atomic mass is 32.2. The molecule has 0 saturated carbocycles. The van der Waals surface area contributed by atoms with Crippen molar-refractivity contribution in [2.75, 3.05) is 6.54 Å². The lowest BCUT2D eigenvalue weighted by Crippen LogP contribution is -2.25. The van der Waals surface area contributed by atoms with Crippen LogP contribution < -0.4 is 4.72 Å². The van der Waals surface area contributed by atoms with Crippen molar-refractivity contribution < 1.29 is 18.3 Å². The number of carboxylic acids is 1. The minimum absolute atomic E-state index is 0.236. The summed E-state index contributed by atoms with van der Waals surface area (Å²) in [7, 11) is -3.79. The largest absolute Gasteiger partial charge is 0.476 e. The van der Waals surface area contributed by atoms with Crippen LogP contribution in [0.1, 0.15) is 36.2 Å². The van der Waals surface area contributed by atoms with Crippen molar-refractivity contribution in [3.05, 3.63) is 22.9 Å². The van der Waals surface area contributed by atoms with Crippen LogP contribution in [0.4, 0.5) is 0 Å². The van der Waals surface area contributed by atoms with Crippen LogP contribution in [-0.4, -0.2) is 31.0 Å². The first-order chi connectivity index (χ1) is 9.00. The summed E-state index contributed by atoms with van der Waals surface area (Å²) in [6, 6.07) is 0. The predicted octanol–water partition coefficient (Wildman–Crippen LogP) is 1.62. The van der Waals surface area contributed by atoms with Gasteiger partial charge in [-0.15, -0.1) is 11.3 Å². The molecule has 0 fully saturated rings. The molecule has 1 heterocycles. The van der Waals surface area contributed by atoms with E-state index >= 15 is 0 Å². The van der Waals surface area contributed by atoms with Crippen molar-refractivity contribution in [1.82, 2.24) is 9.71 Å². The van der Waals surface area contributed by atoms with Gasteiger partial charge in [0, 0.05) is 6.54 Å². The monoisotopic (exact) mass is 302 g/mol. The number of aromatic nitrogens is 1. The molecule has 6 nitrogen and oxygen atoms in total. The average Bonchev–Trinajstić information content (AvgIpc) is 2.99. The first-order valence-electron chi connectivity index (χ1n) is 5.85. The molecule has 2 N–H and O–H groups in total. The van der Waals surface area contributed by atoms with Gasteiger partial charge in [-0.1, -0.05) is 11.6 Å². The minimum Gasteiger partial charge on any atom is -0.476 e. The average molecular weight is 302 g/mol. The Morgan fingerprint density at radius 3 is 2.95 bits per heavy atom. The second-order valence-electron chi connectivity index (χ2n) is 4.20. The Bertz CT molecular complexity index is 604. The van der Waals surface area contributed by atoms with E-state index in [1.54, 1.807) is 0 Å². The molecular formula is C11H14N2O4S2. The van der Waals surface area contributed by atoms with Gasteiger partial charge >= 0.3 is 5.97 Å². The number of hydrogen-bond acceptors (Lipinski definition) is 5. The van der Waals surface area contributed by atoms with Crippen molar-refractivity contribution in [1.29, 1.82) is 0 Å². The lowest BCUT2D eigenvalue weighted by Gasteiger charge is -2.05. The normalized spacial score (nSPS) is 15.5. The van der Waals surface area contributed by atoms with Gasteiger partial charge in [-0.25, -0.2) is 22.9 Å². The van der Waals surface area contributed by atoms with E-state index in [2.05, 4.69) is 15.8 Å². The number of nitrogens with zero attached hydrogens (tertiary/aromatic N) is 1. The van der Waals surface area contributed by atoms with Crippen LogP contribution >= 0.6 is 11.3 Å². The number of aromatic carboxylic acids is 1. The third kappa shape index (κ3) is 3.40. The zero-order valence-electron chi connectivity index (χ0n) is 10.1. The topological polar surface area (TPSA) is 96.4 Å². The van der Waals surface area contributed by atoms with Gasteiger partial charge in [0.15, 0.2) is 9.90 Å². The lowest BCUT2D eigenvalue weighted by molar-refractivity contribution is 0.0687. The molecule has 0 aromatic carbocycles. The van der Waals surface area contributed by atoms with Gasteiger partial charge in [0.05, 0.1) is 5.51 Å². The van der Waals surface area contributed by atoms with Gasteiger partial charge in [0.1, 0.15) is 0 Å². The fourth-order valence-corrected chi connectivity index (χ4v) is 4.16. The van der Waals surface area contributed by atoms with Gasteiger partial charge < -0.3 is 5.11 Å². The van der Waals surface area contributed by atoms with Crippen molar-refractivity contribution in [3.8, 4) is 0 Å². The van der Waals surface area contributed by atoms with Crippen LogP contribution in [0.5, 0.6) is 0 Å². The van der Waals surface area contributed by atoms with Gasteiger partial charge in [0.2, 0.25) is 0 Å². The molecule has 1 aliphatic carbocycles. The number of sulfonamides is 1. The number of nitrogens with one attached hydrogen (secondary N) is 1. The van der Waals surface area contributed by atoms with Crippen LogP contribution in [0.2, 0.25) is 0 Å². The third-order valence-electron chi connectivity index (χ3n) is 2.85. The Kier molecular flexibility index (Phi) is 4.33. The molecule has 1 aliphatic rings. The van der Waals surface area contributed by atoms with E-state index in [1.807, 2.05) is 0 Å². The molecule has 2 rings (SSSR count). The molecule has 1 aromatic rings. The van der Waals surface area contributed by atoms with E-state index in [1.165, 1.54) is 11.1 Å².